The van der Waals surface area contributed by atoms with Gasteiger partial charge in [0, 0.05) is 51.5 Å². The molecule has 2 aliphatic rings. The molecule has 0 saturated carbocycles. The zero-order chi connectivity index (χ0) is 35.2. The zero-order valence-electron chi connectivity index (χ0n) is 28.4. The maximum Gasteiger partial charge on any atom is 0.309 e. The van der Waals surface area contributed by atoms with E-state index in [4.69, 9.17) is 0 Å². The lowest BCUT2D eigenvalue weighted by atomic mass is 9.82. The summed E-state index contributed by atoms with van der Waals surface area (Å²) < 4.78 is 0. The van der Waals surface area contributed by atoms with E-state index in [2.05, 4.69) is 33.8 Å². The van der Waals surface area contributed by atoms with Crippen LogP contribution in [0.2, 0.25) is 0 Å². The standard InChI is InChI=1S/C37H44N4O6/c1-11-22-20(5)32(42)40-28(22)13-26-18(3)24(16-36(7,8)34(44)45)30(38-26)15-31-25(17-37(9,10)35(46)47)19(4)27(39-31)14-29-23(12-2)21(6)33(43)41-29/h11-14,38-39H,1-2,15-17H2,3-10H3,(H,40,42)(H,41,43)(H,44,45)(H,46,47). The summed E-state index contributed by atoms with van der Waals surface area (Å²) in [5.41, 5.74) is 7.78. The first-order valence-electron chi connectivity index (χ1n) is 15.4. The van der Waals surface area contributed by atoms with E-state index in [9.17, 15) is 29.4 Å². The Labute approximate surface area is 275 Å². The number of hydrogen-bond donors (Lipinski definition) is 6. The molecular formula is C37H44N4O6. The van der Waals surface area contributed by atoms with Crippen LogP contribution in [0.1, 0.15) is 86.6 Å². The van der Waals surface area contributed by atoms with Crippen LogP contribution in [0.5, 0.6) is 0 Å². The van der Waals surface area contributed by atoms with Crippen molar-refractivity contribution in [1.29, 1.82) is 0 Å². The molecule has 248 valence electrons. The molecule has 0 atom stereocenters. The highest BCUT2D eigenvalue weighted by Crippen LogP contribution is 2.35. The number of H-pyrrole nitrogens is 2. The highest BCUT2D eigenvalue weighted by Gasteiger charge is 2.33. The molecule has 0 spiro atoms. The average molecular weight is 641 g/mol. The maximum atomic E-state index is 12.4. The fraction of sp³-hybridized carbons (Fsp3) is 0.351. The molecule has 0 radical (unpaired) electrons. The molecule has 10 heteroatoms. The van der Waals surface area contributed by atoms with E-state index in [0.717, 1.165) is 33.6 Å². The highest BCUT2D eigenvalue weighted by atomic mass is 16.4. The third-order valence-electron chi connectivity index (χ3n) is 9.31. The van der Waals surface area contributed by atoms with Crippen molar-refractivity contribution in [1.82, 2.24) is 20.6 Å². The fourth-order valence-electron chi connectivity index (χ4n) is 5.98. The van der Waals surface area contributed by atoms with E-state index in [1.807, 2.05) is 26.0 Å². The lowest BCUT2D eigenvalue weighted by Gasteiger charge is -2.21. The average Bonchev–Trinajstić information content (AvgIpc) is 3.62. The molecule has 6 N–H and O–H groups in total. The van der Waals surface area contributed by atoms with Crippen LogP contribution in [-0.2, 0) is 38.4 Å². The van der Waals surface area contributed by atoms with E-state index in [0.29, 0.717) is 51.5 Å². The molecule has 0 bridgehead atoms. The second-order valence-corrected chi connectivity index (χ2v) is 13.7. The minimum Gasteiger partial charge on any atom is -0.481 e. The normalized spacial score (nSPS) is 17.2. The molecule has 0 fully saturated rings. The molecular weight excluding hydrogens is 596 g/mol. The molecule has 0 saturated heterocycles. The number of carbonyl (C=O) groups excluding carboxylic acids is 2. The van der Waals surface area contributed by atoms with E-state index in [1.165, 1.54) is 0 Å². The van der Waals surface area contributed by atoms with Crippen LogP contribution < -0.4 is 10.6 Å². The number of carbonyl (C=O) groups is 4. The van der Waals surface area contributed by atoms with Gasteiger partial charge in [-0.15, -0.1) is 0 Å². The van der Waals surface area contributed by atoms with Crippen molar-refractivity contribution in [3.63, 3.8) is 0 Å². The van der Waals surface area contributed by atoms with Crippen molar-refractivity contribution in [2.75, 3.05) is 0 Å². The first-order chi connectivity index (χ1) is 21.8. The van der Waals surface area contributed by atoms with Crippen molar-refractivity contribution < 1.29 is 29.4 Å². The van der Waals surface area contributed by atoms with Crippen LogP contribution in [0, 0.1) is 24.7 Å². The number of aromatic nitrogens is 2. The van der Waals surface area contributed by atoms with E-state index >= 15 is 0 Å². The van der Waals surface area contributed by atoms with Gasteiger partial charge in [0.15, 0.2) is 0 Å². The molecule has 2 aromatic rings. The van der Waals surface area contributed by atoms with E-state index < -0.39 is 22.8 Å². The number of nitrogens with one attached hydrogen (secondary N) is 4. The fourth-order valence-corrected chi connectivity index (χ4v) is 5.98. The number of carboxylic acids is 2. The van der Waals surface area contributed by atoms with Crippen molar-refractivity contribution >= 4 is 35.9 Å². The number of carboxylic acid groups (broad SMARTS) is 2. The molecule has 4 heterocycles. The Morgan fingerprint density at radius 2 is 1.02 bits per heavy atom. The first kappa shape index (κ1) is 34.7. The molecule has 2 aliphatic heterocycles. The third-order valence-corrected chi connectivity index (χ3v) is 9.31. The van der Waals surface area contributed by atoms with Gasteiger partial charge < -0.3 is 30.8 Å². The summed E-state index contributed by atoms with van der Waals surface area (Å²) >= 11 is 0. The van der Waals surface area contributed by atoms with Gasteiger partial charge in [-0.05, 0) is 103 Å². The molecule has 2 aromatic heterocycles. The Balaban J connectivity index is 1.91. The molecule has 2 amide bonds. The van der Waals surface area contributed by atoms with Gasteiger partial charge in [-0.2, -0.15) is 0 Å². The van der Waals surface area contributed by atoms with Crippen LogP contribution in [0.4, 0.5) is 0 Å². The van der Waals surface area contributed by atoms with Gasteiger partial charge in [0.05, 0.1) is 22.2 Å². The highest BCUT2D eigenvalue weighted by molar-refractivity contribution is 6.02. The van der Waals surface area contributed by atoms with Crippen LogP contribution in [0.3, 0.4) is 0 Å². The van der Waals surface area contributed by atoms with Crippen molar-refractivity contribution in [2.45, 2.75) is 74.7 Å². The number of hydrogen-bond acceptors (Lipinski definition) is 4. The maximum absolute atomic E-state index is 12.4. The Morgan fingerprint density at radius 3 is 1.32 bits per heavy atom. The van der Waals surface area contributed by atoms with Crippen LogP contribution >= 0.6 is 0 Å². The Hall–Kier alpha value is -5.12. The van der Waals surface area contributed by atoms with Crippen LogP contribution in [0.15, 0.2) is 59.0 Å². The largest absolute Gasteiger partial charge is 0.481 e. The van der Waals surface area contributed by atoms with Gasteiger partial charge in [-0.3, -0.25) is 19.2 Å². The SMILES string of the molecule is C=CC1=C(C)C(=O)NC1=Cc1[nH]c(Cc2[nH]c(C=C3NC(=O)C(C)=C3C=C)c(C)c2CC(C)(C)C(=O)O)c(CC(C)(C)C(=O)O)c1C. The smallest absolute Gasteiger partial charge is 0.309 e. The predicted molar refractivity (Wildman–Crippen MR) is 182 cm³/mol. The number of amides is 2. The van der Waals surface area contributed by atoms with E-state index in [-0.39, 0.29) is 24.7 Å². The Morgan fingerprint density at radius 1 is 0.681 bits per heavy atom. The lowest BCUT2D eigenvalue weighted by molar-refractivity contribution is -0.147. The minimum absolute atomic E-state index is 0.208. The summed E-state index contributed by atoms with van der Waals surface area (Å²) in [5, 5.41) is 25.8. The quantitative estimate of drug-likeness (QED) is 0.172. The van der Waals surface area contributed by atoms with Gasteiger partial charge in [-0.25, -0.2) is 0 Å². The predicted octanol–water partition coefficient (Wildman–Crippen LogP) is 5.80. The number of aromatic amines is 2. The van der Waals surface area contributed by atoms with Gasteiger partial charge in [0.1, 0.15) is 0 Å². The van der Waals surface area contributed by atoms with Crippen molar-refractivity contribution in [3.8, 4) is 0 Å². The number of rotatable bonds is 12. The molecule has 4 rings (SSSR count). The van der Waals surface area contributed by atoms with Crippen molar-refractivity contribution in [3.05, 3.63) is 104 Å². The molecule has 0 aliphatic carbocycles. The van der Waals surface area contributed by atoms with E-state index in [1.54, 1.807) is 53.7 Å². The second kappa shape index (κ2) is 12.6. The Bertz CT molecular complexity index is 1730. The zero-order valence-corrected chi connectivity index (χ0v) is 28.4. The van der Waals surface area contributed by atoms with Crippen molar-refractivity contribution in [2.24, 2.45) is 10.8 Å². The number of allylic oxidation sites excluding steroid dienone is 2. The third kappa shape index (κ3) is 6.58. The van der Waals surface area contributed by atoms with Crippen LogP contribution in [0.25, 0.3) is 12.2 Å². The monoisotopic (exact) mass is 640 g/mol. The van der Waals surface area contributed by atoms with Crippen LogP contribution in [-0.4, -0.2) is 43.9 Å². The summed E-state index contributed by atoms with van der Waals surface area (Å²) in [6, 6.07) is 0. The summed E-state index contributed by atoms with van der Waals surface area (Å²) in [6.45, 7) is 21.7. The van der Waals surface area contributed by atoms with Gasteiger partial charge in [0.25, 0.3) is 11.8 Å². The summed E-state index contributed by atoms with van der Waals surface area (Å²) in [7, 11) is 0. The Kier molecular flexibility index (Phi) is 9.30. The topological polar surface area (TPSA) is 164 Å². The van der Waals surface area contributed by atoms with Gasteiger partial charge >= 0.3 is 11.9 Å². The second-order valence-electron chi connectivity index (χ2n) is 13.7. The summed E-state index contributed by atoms with van der Waals surface area (Å²) in [4.78, 5) is 56.3. The molecule has 0 aromatic carbocycles. The first-order valence-corrected chi connectivity index (χ1v) is 15.4. The molecule has 10 nitrogen and oxygen atoms in total. The summed E-state index contributed by atoms with van der Waals surface area (Å²) in [5.74, 6) is -2.29. The number of aliphatic carboxylic acids is 2. The molecule has 0 unspecified atom stereocenters. The minimum atomic E-state index is -1.09. The van der Waals surface area contributed by atoms with Gasteiger partial charge in [0.2, 0.25) is 0 Å². The lowest BCUT2D eigenvalue weighted by Crippen LogP contribution is -2.27. The summed E-state index contributed by atoms with van der Waals surface area (Å²) in [6.07, 6.45) is 7.69. The van der Waals surface area contributed by atoms with Gasteiger partial charge in [-0.1, -0.05) is 25.3 Å². The molecule has 47 heavy (non-hydrogen) atoms.